The molecule has 6 nitrogen and oxygen atoms in total. The average molecular weight is 387 g/mol. The van der Waals surface area contributed by atoms with E-state index in [-0.39, 0.29) is 18.0 Å². The second kappa shape index (κ2) is 8.89. The number of hydrogen-bond donors (Lipinski definition) is 1. The highest BCUT2D eigenvalue weighted by Crippen LogP contribution is 2.27. The van der Waals surface area contributed by atoms with Crippen molar-refractivity contribution in [3.05, 3.63) is 87.2 Å². The number of methoxy groups -OCH3 is 1. The molecular formula is C23H21N3O3. The minimum Gasteiger partial charge on any atom is -0.494 e. The first kappa shape index (κ1) is 19.9. The Morgan fingerprint density at radius 3 is 2.55 bits per heavy atom. The molecule has 0 aliphatic heterocycles. The van der Waals surface area contributed by atoms with Gasteiger partial charge in [-0.25, -0.2) is 0 Å². The van der Waals surface area contributed by atoms with Crippen molar-refractivity contribution in [1.29, 1.82) is 5.26 Å². The van der Waals surface area contributed by atoms with Gasteiger partial charge in [-0.05, 0) is 36.6 Å². The van der Waals surface area contributed by atoms with Gasteiger partial charge in [-0.3, -0.25) is 14.4 Å². The van der Waals surface area contributed by atoms with Gasteiger partial charge in [0.15, 0.2) is 0 Å². The zero-order chi connectivity index (χ0) is 20.8. The number of aromatic hydroxyl groups is 1. The largest absolute Gasteiger partial charge is 0.494 e. The minimum atomic E-state index is -0.507. The van der Waals surface area contributed by atoms with Gasteiger partial charge in [-0.1, -0.05) is 42.5 Å². The number of aliphatic imine (C=N–C) groups is 1. The summed E-state index contributed by atoms with van der Waals surface area (Å²) in [4.78, 5) is 17.1. The zero-order valence-electron chi connectivity index (χ0n) is 16.3. The number of ether oxygens (including phenoxy) is 1. The van der Waals surface area contributed by atoms with E-state index in [2.05, 4.69) is 4.99 Å². The monoisotopic (exact) mass is 387 g/mol. The molecule has 1 aromatic heterocycles. The molecule has 1 N–H and O–H groups in total. The lowest BCUT2D eigenvalue weighted by molar-refractivity contribution is 0.404. The number of benzene rings is 2. The number of pyridine rings is 1. The van der Waals surface area contributed by atoms with Gasteiger partial charge < -0.3 is 9.84 Å². The van der Waals surface area contributed by atoms with Crippen LogP contribution in [0.25, 0.3) is 0 Å². The maximum atomic E-state index is 12.7. The Balaban J connectivity index is 2.04. The van der Waals surface area contributed by atoms with Gasteiger partial charge in [0.25, 0.3) is 5.56 Å². The fourth-order valence-corrected chi connectivity index (χ4v) is 3.09. The SMILES string of the molecule is COc1ccccc1N=Cc1c(C)c(C#N)c(=O)n(CCc2ccccc2)c1O. The first-order valence-electron chi connectivity index (χ1n) is 9.14. The number of aromatic nitrogens is 1. The smallest absolute Gasteiger partial charge is 0.271 e. The van der Waals surface area contributed by atoms with Crippen LogP contribution in [0.1, 0.15) is 22.3 Å². The van der Waals surface area contributed by atoms with E-state index in [1.54, 1.807) is 26.2 Å². The van der Waals surface area contributed by atoms with Gasteiger partial charge in [0.2, 0.25) is 5.88 Å². The fraction of sp³-hybridized carbons (Fsp3) is 0.174. The Labute approximate surface area is 169 Å². The molecule has 0 radical (unpaired) electrons. The molecule has 1 heterocycles. The van der Waals surface area contributed by atoms with Crippen LogP contribution in [0.2, 0.25) is 0 Å². The lowest BCUT2D eigenvalue weighted by Crippen LogP contribution is -2.26. The first-order valence-corrected chi connectivity index (χ1v) is 9.14. The van der Waals surface area contributed by atoms with Crippen LogP contribution in [0.5, 0.6) is 11.6 Å². The molecule has 146 valence electrons. The van der Waals surface area contributed by atoms with Gasteiger partial charge in [0.1, 0.15) is 23.1 Å². The van der Waals surface area contributed by atoms with Crippen LogP contribution in [-0.4, -0.2) is 23.0 Å². The lowest BCUT2D eigenvalue weighted by Gasteiger charge is -2.14. The molecule has 0 amide bonds. The van der Waals surface area contributed by atoms with Gasteiger partial charge in [0, 0.05) is 12.8 Å². The molecule has 0 unspecified atom stereocenters. The highest BCUT2D eigenvalue weighted by Gasteiger charge is 2.18. The third-order valence-corrected chi connectivity index (χ3v) is 4.73. The summed E-state index contributed by atoms with van der Waals surface area (Å²) in [6.45, 7) is 1.88. The summed E-state index contributed by atoms with van der Waals surface area (Å²) in [6.07, 6.45) is 2.01. The van der Waals surface area contributed by atoms with Crippen LogP contribution in [0, 0.1) is 18.3 Å². The molecule has 0 saturated carbocycles. The summed E-state index contributed by atoms with van der Waals surface area (Å²) in [5.74, 6) is 0.375. The van der Waals surface area contributed by atoms with E-state index in [4.69, 9.17) is 4.74 Å². The fourth-order valence-electron chi connectivity index (χ4n) is 3.09. The predicted molar refractivity (Wildman–Crippen MR) is 112 cm³/mol. The normalized spacial score (nSPS) is 10.8. The Bertz CT molecular complexity index is 1140. The number of nitriles is 1. The summed E-state index contributed by atoms with van der Waals surface area (Å²) in [6, 6.07) is 18.8. The van der Waals surface area contributed by atoms with E-state index in [1.807, 2.05) is 48.5 Å². The highest BCUT2D eigenvalue weighted by molar-refractivity contribution is 5.87. The molecule has 3 aromatic rings. The Morgan fingerprint density at radius 1 is 1.17 bits per heavy atom. The topological polar surface area (TPSA) is 87.6 Å². The van der Waals surface area contributed by atoms with E-state index < -0.39 is 5.56 Å². The Morgan fingerprint density at radius 2 is 1.86 bits per heavy atom. The molecule has 0 aliphatic carbocycles. The van der Waals surface area contributed by atoms with Crippen LogP contribution < -0.4 is 10.3 Å². The molecular weight excluding hydrogens is 366 g/mol. The zero-order valence-corrected chi connectivity index (χ0v) is 16.3. The van der Waals surface area contributed by atoms with Crippen molar-refractivity contribution in [2.24, 2.45) is 4.99 Å². The molecule has 2 aromatic carbocycles. The summed E-state index contributed by atoms with van der Waals surface area (Å²) in [5, 5.41) is 20.3. The number of rotatable bonds is 6. The van der Waals surface area contributed by atoms with Crippen molar-refractivity contribution in [2.45, 2.75) is 19.9 Å². The summed E-state index contributed by atoms with van der Waals surface area (Å²) < 4.78 is 6.51. The van der Waals surface area contributed by atoms with Crippen LogP contribution in [0.3, 0.4) is 0 Å². The molecule has 29 heavy (non-hydrogen) atoms. The van der Waals surface area contributed by atoms with Crippen molar-refractivity contribution in [1.82, 2.24) is 4.57 Å². The minimum absolute atomic E-state index is 0.00246. The summed E-state index contributed by atoms with van der Waals surface area (Å²) >= 11 is 0. The Kier molecular flexibility index (Phi) is 6.10. The second-order valence-corrected chi connectivity index (χ2v) is 6.47. The predicted octanol–water partition coefficient (Wildman–Crippen LogP) is 3.74. The molecule has 0 spiro atoms. The van der Waals surface area contributed by atoms with Crippen LogP contribution >= 0.6 is 0 Å². The van der Waals surface area contributed by atoms with E-state index in [1.165, 1.54) is 10.8 Å². The summed E-state index contributed by atoms with van der Waals surface area (Å²) in [5.41, 5.74) is 1.83. The first-order chi connectivity index (χ1) is 14.1. The quantitative estimate of drug-likeness (QED) is 0.653. The highest BCUT2D eigenvalue weighted by atomic mass is 16.5. The van der Waals surface area contributed by atoms with Gasteiger partial charge in [0.05, 0.1) is 12.7 Å². The second-order valence-electron chi connectivity index (χ2n) is 6.47. The van der Waals surface area contributed by atoms with E-state index in [9.17, 15) is 15.2 Å². The number of aryl methyl sites for hydroxylation is 1. The van der Waals surface area contributed by atoms with Crippen LogP contribution in [-0.2, 0) is 13.0 Å². The van der Waals surface area contributed by atoms with E-state index in [0.29, 0.717) is 29.0 Å². The Hall–Kier alpha value is -3.85. The van der Waals surface area contributed by atoms with Crippen LogP contribution in [0.4, 0.5) is 5.69 Å². The molecule has 0 bridgehead atoms. The molecule has 0 saturated heterocycles. The number of hydrogen-bond acceptors (Lipinski definition) is 5. The number of nitrogens with zero attached hydrogens (tertiary/aromatic N) is 3. The van der Waals surface area contributed by atoms with E-state index >= 15 is 0 Å². The lowest BCUT2D eigenvalue weighted by atomic mass is 10.1. The standard InChI is InChI=1S/C23H21N3O3/c1-16-18(14-24)22(27)26(13-12-17-8-4-3-5-9-17)23(28)19(16)15-25-20-10-6-7-11-21(20)29-2/h3-11,15,28H,12-13H2,1-2H3. The molecule has 0 fully saturated rings. The van der Waals surface area contributed by atoms with Crippen molar-refractivity contribution >= 4 is 11.9 Å². The molecule has 6 heteroatoms. The van der Waals surface area contributed by atoms with Crippen molar-refractivity contribution in [3.63, 3.8) is 0 Å². The van der Waals surface area contributed by atoms with Gasteiger partial charge in [-0.2, -0.15) is 5.26 Å². The third kappa shape index (κ3) is 4.19. The summed E-state index contributed by atoms with van der Waals surface area (Å²) in [7, 11) is 1.55. The van der Waals surface area contributed by atoms with Crippen molar-refractivity contribution < 1.29 is 9.84 Å². The maximum Gasteiger partial charge on any atom is 0.271 e. The van der Waals surface area contributed by atoms with Crippen molar-refractivity contribution in [2.75, 3.05) is 7.11 Å². The van der Waals surface area contributed by atoms with Crippen LogP contribution in [0.15, 0.2) is 64.4 Å². The van der Waals surface area contributed by atoms with E-state index in [0.717, 1.165) is 5.56 Å². The van der Waals surface area contributed by atoms with Gasteiger partial charge >= 0.3 is 0 Å². The third-order valence-electron chi connectivity index (χ3n) is 4.73. The average Bonchev–Trinajstić information content (AvgIpc) is 2.75. The maximum absolute atomic E-state index is 12.7. The molecule has 3 rings (SSSR count). The number of para-hydroxylation sites is 2. The molecule has 0 atom stereocenters. The molecule has 0 aliphatic rings. The van der Waals surface area contributed by atoms with Gasteiger partial charge in [-0.15, -0.1) is 0 Å². The van der Waals surface area contributed by atoms with Crippen molar-refractivity contribution in [3.8, 4) is 17.7 Å².